The van der Waals surface area contributed by atoms with Crippen molar-refractivity contribution in [1.82, 2.24) is 0 Å². The summed E-state index contributed by atoms with van der Waals surface area (Å²) in [7, 11) is 0. The summed E-state index contributed by atoms with van der Waals surface area (Å²) in [5.74, 6) is 0.633. The van der Waals surface area contributed by atoms with Gasteiger partial charge in [-0.3, -0.25) is 4.90 Å². The van der Waals surface area contributed by atoms with E-state index in [2.05, 4.69) is 0 Å². The number of nitrogens with zero attached hydrogens (tertiary/aromatic N) is 1. The van der Waals surface area contributed by atoms with E-state index in [1.54, 1.807) is 0 Å². The highest BCUT2D eigenvalue weighted by Gasteiger charge is 2.57. The zero-order valence-electron chi connectivity index (χ0n) is 20.7. The van der Waals surface area contributed by atoms with E-state index in [0.717, 1.165) is 27.5 Å². The summed E-state index contributed by atoms with van der Waals surface area (Å²) in [4.78, 5) is 13.8. The van der Waals surface area contributed by atoms with Crippen molar-refractivity contribution in [2.24, 2.45) is 0 Å². The average molecular weight is 448 g/mol. The summed E-state index contributed by atoms with van der Waals surface area (Å²) in [5.41, 5.74) is 1.25. The average Bonchev–Trinajstić information content (AvgIpc) is 2.94. The molecule has 1 atom stereocenters. The van der Waals surface area contributed by atoms with Crippen LogP contribution < -0.4 is 9.64 Å². The molecule has 2 N–H and O–H groups in total. The second-order valence-corrected chi connectivity index (χ2v) is 10.6. The zero-order valence-corrected chi connectivity index (χ0v) is 20.7. The highest BCUT2D eigenvalue weighted by molar-refractivity contribution is 5.92. The van der Waals surface area contributed by atoms with Gasteiger partial charge in [-0.25, -0.2) is 4.79 Å². The van der Waals surface area contributed by atoms with Crippen molar-refractivity contribution in [3.63, 3.8) is 0 Å². The molecule has 0 saturated heterocycles. The van der Waals surface area contributed by atoms with Crippen LogP contribution in [0.1, 0.15) is 62.4 Å². The normalized spacial score (nSPS) is 19.3. The molecule has 0 bridgehead atoms. The Kier molecular flexibility index (Phi) is 5.06. The molecule has 174 valence electrons. The largest absolute Gasteiger partial charge is 0.483 e. The number of benzene rings is 3. The molecule has 3 aromatic rings. The number of anilines is 1. The van der Waals surface area contributed by atoms with E-state index in [4.69, 9.17) is 4.74 Å². The van der Waals surface area contributed by atoms with E-state index < -0.39 is 22.8 Å². The summed E-state index contributed by atoms with van der Waals surface area (Å²) in [5, 5.41) is 24.7. The molecule has 5 nitrogen and oxygen atoms in total. The molecule has 3 aromatic carbocycles. The van der Waals surface area contributed by atoms with Gasteiger partial charge in [0, 0.05) is 11.1 Å². The standard InChI is InChI=1S/C28H33NO4/c1-16-17(2)24-22(18(3)23(16)29(25(30)31)26(4,5)6)28(32,27(7,8)33-24)21-14-13-19-11-9-10-12-20(19)15-21/h9-15,32H,1-8H3,(H,30,31). The van der Waals surface area contributed by atoms with Gasteiger partial charge in [0.2, 0.25) is 0 Å². The molecule has 0 fully saturated rings. The fourth-order valence-electron chi connectivity index (χ4n) is 5.26. The molecule has 0 radical (unpaired) electrons. The number of amides is 1. The van der Waals surface area contributed by atoms with Crippen molar-refractivity contribution < 1.29 is 19.7 Å². The lowest BCUT2D eigenvalue weighted by Gasteiger charge is -2.39. The third-order valence-corrected chi connectivity index (χ3v) is 7.06. The summed E-state index contributed by atoms with van der Waals surface area (Å²) in [6.07, 6.45) is -1.03. The number of hydrogen-bond donors (Lipinski definition) is 2. The highest BCUT2D eigenvalue weighted by atomic mass is 16.5. The van der Waals surface area contributed by atoms with Crippen molar-refractivity contribution >= 4 is 22.6 Å². The molecule has 0 aromatic heterocycles. The maximum atomic E-state index is 12.5. The molecule has 0 spiro atoms. The van der Waals surface area contributed by atoms with Crippen LogP contribution in [-0.2, 0) is 5.60 Å². The first-order chi connectivity index (χ1) is 15.2. The number of rotatable bonds is 2. The Morgan fingerprint density at radius 2 is 1.55 bits per heavy atom. The fraction of sp³-hybridized carbons (Fsp3) is 0.393. The maximum absolute atomic E-state index is 12.5. The Balaban J connectivity index is 2.08. The second-order valence-electron chi connectivity index (χ2n) is 10.6. The van der Waals surface area contributed by atoms with Crippen molar-refractivity contribution in [2.45, 2.75) is 72.1 Å². The Morgan fingerprint density at radius 1 is 0.939 bits per heavy atom. The van der Waals surface area contributed by atoms with E-state index in [-0.39, 0.29) is 0 Å². The fourth-order valence-corrected chi connectivity index (χ4v) is 5.26. The topological polar surface area (TPSA) is 70.0 Å². The van der Waals surface area contributed by atoms with Gasteiger partial charge >= 0.3 is 6.09 Å². The van der Waals surface area contributed by atoms with Crippen LogP contribution in [0, 0.1) is 20.8 Å². The van der Waals surface area contributed by atoms with Crippen molar-refractivity contribution in [1.29, 1.82) is 0 Å². The van der Waals surface area contributed by atoms with Crippen molar-refractivity contribution in [2.75, 3.05) is 4.90 Å². The van der Waals surface area contributed by atoms with Crippen molar-refractivity contribution in [3.05, 3.63) is 70.3 Å². The molecule has 4 rings (SSSR count). The predicted molar refractivity (Wildman–Crippen MR) is 133 cm³/mol. The van der Waals surface area contributed by atoms with Crippen LogP contribution in [-0.4, -0.2) is 27.4 Å². The van der Waals surface area contributed by atoms with Crippen LogP contribution in [0.5, 0.6) is 5.75 Å². The molecular weight excluding hydrogens is 414 g/mol. The molecule has 33 heavy (non-hydrogen) atoms. The minimum atomic E-state index is -1.47. The van der Waals surface area contributed by atoms with Gasteiger partial charge in [0.25, 0.3) is 0 Å². The molecule has 1 aliphatic heterocycles. The van der Waals surface area contributed by atoms with Crippen LogP contribution in [0.15, 0.2) is 42.5 Å². The van der Waals surface area contributed by atoms with Crippen LogP contribution in [0.2, 0.25) is 0 Å². The number of carbonyl (C=O) groups is 1. The monoisotopic (exact) mass is 447 g/mol. The molecule has 0 saturated carbocycles. The molecule has 1 unspecified atom stereocenters. The van der Waals surface area contributed by atoms with E-state index in [1.165, 1.54) is 4.90 Å². The Labute approximate surface area is 195 Å². The van der Waals surface area contributed by atoms with Gasteiger partial charge in [-0.1, -0.05) is 36.4 Å². The van der Waals surface area contributed by atoms with Gasteiger partial charge in [-0.2, -0.15) is 0 Å². The SMILES string of the molecule is Cc1c(C)c(N(C(=O)O)C(C)(C)C)c(C)c2c1OC(C)(C)C2(O)c1ccc2ccccc2c1. The van der Waals surface area contributed by atoms with Gasteiger partial charge in [0.15, 0.2) is 5.60 Å². The molecule has 0 aliphatic carbocycles. The molecule has 1 aliphatic rings. The Bertz CT molecular complexity index is 1290. The zero-order chi connectivity index (χ0) is 24.5. The predicted octanol–water partition coefficient (Wildman–Crippen LogP) is 6.45. The van der Waals surface area contributed by atoms with Crippen molar-refractivity contribution in [3.8, 4) is 5.75 Å². The van der Waals surface area contributed by atoms with E-state index in [0.29, 0.717) is 22.6 Å². The first-order valence-corrected chi connectivity index (χ1v) is 11.3. The van der Waals surface area contributed by atoms with Gasteiger partial charge < -0.3 is 14.9 Å². The lowest BCUT2D eigenvalue weighted by atomic mass is 9.73. The number of fused-ring (bicyclic) bond motifs is 2. The van der Waals surface area contributed by atoms with Crippen LogP contribution in [0.3, 0.4) is 0 Å². The molecular formula is C28H33NO4. The summed E-state index contributed by atoms with van der Waals surface area (Å²) in [6, 6.07) is 14.0. The second kappa shape index (κ2) is 7.22. The summed E-state index contributed by atoms with van der Waals surface area (Å²) in [6.45, 7) is 15.1. The van der Waals surface area contributed by atoms with Crippen LogP contribution >= 0.6 is 0 Å². The number of carboxylic acid groups (broad SMARTS) is 1. The van der Waals surface area contributed by atoms with E-state index in [9.17, 15) is 15.0 Å². The van der Waals surface area contributed by atoms with E-state index >= 15 is 0 Å². The van der Waals surface area contributed by atoms with Crippen LogP contribution in [0.25, 0.3) is 10.8 Å². The van der Waals surface area contributed by atoms with Gasteiger partial charge in [0.05, 0.1) is 5.69 Å². The third kappa shape index (κ3) is 3.21. The summed E-state index contributed by atoms with van der Waals surface area (Å²) >= 11 is 0. The molecule has 1 heterocycles. The summed E-state index contributed by atoms with van der Waals surface area (Å²) < 4.78 is 6.43. The quantitative estimate of drug-likeness (QED) is 0.473. The number of ether oxygens (including phenoxy) is 1. The van der Waals surface area contributed by atoms with Gasteiger partial charge in [-0.05, 0) is 94.5 Å². The minimum absolute atomic E-state index is 0.603. The first-order valence-electron chi connectivity index (χ1n) is 11.3. The molecule has 5 heteroatoms. The smallest absolute Gasteiger partial charge is 0.412 e. The minimum Gasteiger partial charge on any atom is -0.483 e. The maximum Gasteiger partial charge on any atom is 0.412 e. The molecule has 1 amide bonds. The van der Waals surface area contributed by atoms with Gasteiger partial charge in [0.1, 0.15) is 11.4 Å². The highest BCUT2D eigenvalue weighted by Crippen LogP contribution is 2.57. The number of aliphatic hydroxyl groups is 1. The lowest BCUT2D eigenvalue weighted by molar-refractivity contribution is -0.0644. The Morgan fingerprint density at radius 3 is 2.12 bits per heavy atom. The van der Waals surface area contributed by atoms with Crippen LogP contribution in [0.4, 0.5) is 10.5 Å². The lowest BCUT2D eigenvalue weighted by Crippen LogP contribution is -2.48. The van der Waals surface area contributed by atoms with E-state index in [1.807, 2.05) is 97.9 Å². The first kappa shape index (κ1) is 23.1. The van der Waals surface area contributed by atoms with Gasteiger partial charge in [-0.15, -0.1) is 0 Å². The number of hydrogen-bond acceptors (Lipinski definition) is 3. The third-order valence-electron chi connectivity index (χ3n) is 7.06. The Hall–Kier alpha value is -3.05.